The summed E-state index contributed by atoms with van der Waals surface area (Å²) >= 11 is 0. The summed E-state index contributed by atoms with van der Waals surface area (Å²) < 4.78 is 77.1. The van der Waals surface area contributed by atoms with Crippen molar-refractivity contribution in [2.75, 3.05) is 29.1 Å². The molecule has 5 rings (SSSR count). The van der Waals surface area contributed by atoms with E-state index in [2.05, 4.69) is 20.2 Å². The third kappa shape index (κ3) is 3.94. The average molecular weight is 512 g/mol. The Bertz CT molecular complexity index is 1470. The van der Waals surface area contributed by atoms with Gasteiger partial charge in [-0.15, -0.1) is 0 Å². The van der Waals surface area contributed by atoms with Crippen molar-refractivity contribution in [3.63, 3.8) is 0 Å². The third-order valence-electron chi connectivity index (χ3n) is 5.40. The quantitative estimate of drug-likeness (QED) is 0.428. The van der Waals surface area contributed by atoms with Crippen molar-refractivity contribution in [3.8, 4) is 0 Å². The van der Waals surface area contributed by atoms with Gasteiger partial charge in [0.25, 0.3) is 5.91 Å². The molecule has 0 aliphatic carbocycles. The van der Waals surface area contributed by atoms with Gasteiger partial charge >= 0.3 is 6.18 Å². The molecule has 2 aliphatic heterocycles. The van der Waals surface area contributed by atoms with Gasteiger partial charge in [0.2, 0.25) is 15.8 Å². The third-order valence-corrected chi connectivity index (χ3v) is 6.86. The SMILES string of the molecule is Nc1noc2cc3c(cc12)S(=O)(=O)NC(C(=O)[C@H]1OCCN(c2cccc(C(F)(F)F)n2)C1=O)N3. The molecule has 3 aromatic rings. The van der Waals surface area contributed by atoms with Crippen LogP contribution < -0.4 is 20.7 Å². The van der Waals surface area contributed by atoms with E-state index in [-0.39, 0.29) is 46.3 Å². The number of rotatable bonds is 3. The second kappa shape index (κ2) is 7.89. The molecular weight excluding hydrogens is 497 g/mol. The van der Waals surface area contributed by atoms with Gasteiger partial charge in [-0.2, -0.15) is 17.9 Å². The van der Waals surface area contributed by atoms with Gasteiger partial charge in [0, 0.05) is 6.07 Å². The molecule has 35 heavy (non-hydrogen) atoms. The molecule has 1 saturated heterocycles. The zero-order chi connectivity index (χ0) is 25.1. The number of benzene rings is 1. The standard InChI is InChI=1S/C19H15F3N6O6S/c20-19(21,22)12-2-1-3-13(25-12)28-4-5-33-15(18(28)30)14(29)17-24-9-7-10-8(16(23)26-34-10)6-11(9)35(31,32)27-17/h1-3,6-7,15,17,24,27H,4-5H2,(H2,23,26)/t15-,17?/m1/s1. The maximum Gasteiger partial charge on any atom is 0.433 e. The van der Waals surface area contributed by atoms with E-state index < -0.39 is 45.9 Å². The first-order valence-electron chi connectivity index (χ1n) is 9.94. The summed E-state index contributed by atoms with van der Waals surface area (Å²) in [7, 11) is -4.24. The first-order chi connectivity index (χ1) is 16.5. The molecule has 4 heterocycles. The molecule has 2 aromatic heterocycles. The van der Waals surface area contributed by atoms with Crippen LogP contribution in [-0.4, -0.2) is 55.7 Å². The lowest BCUT2D eigenvalue weighted by Crippen LogP contribution is -2.59. The van der Waals surface area contributed by atoms with Crippen LogP contribution in [0.5, 0.6) is 0 Å². The Morgan fingerprint density at radius 2 is 2.03 bits per heavy atom. The Balaban J connectivity index is 1.42. The predicted molar refractivity (Wildman–Crippen MR) is 112 cm³/mol. The Hall–Kier alpha value is -3.76. The molecule has 2 atom stereocenters. The number of carbonyl (C=O) groups excluding carboxylic acids is 2. The fourth-order valence-corrected chi connectivity index (χ4v) is 5.04. The number of pyridine rings is 1. The topological polar surface area (TPSA) is 170 Å². The van der Waals surface area contributed by atoms with Gasteiger partial charge in [0.15, 0.2) is 23.7 Å². The number of Topliss-reactive ketones (excluding diaryl/α,β-unsaturated/α-hetero) is 1. The number of hydrogen-bond donors (Lipinski definition) is 3. The van der Waals surface area contributed by atoms with Gasteiger partial charge in [-0.05, 0) is 18.2 Å². The second-order valence-electron chi connectivity index (χ2n) is 7.63. The molecule has 1 unspecified atom stereocenters. The Kier molecular flexibility index (Phi) is 5.19. The molecule has 4 N–H and O–H groups in total. The number of halogens is 3. The first kappa shape index (κ1) is 23.0. The van der Waals surface area contributed by atoms with Gasteiger partial charge in [-0.3, -0.25) is 14.5 Å². The van der Waals surface area contributed by atoms with Crippen LogP contribution in [0.3, 0.4) is 0 Å². The summed E-state index contributed by atoms with van der Waals surface area (Å²) in [6.07, 6.45) is -8.15. The molecule has 12 nitrogen and oxygen atoms in total. The number of hydrogen-bond acceptors (Lipinski definition) is 10. The number of alkyl halides is 3. The molecule has 184 valence electrons. The number of nitrogen functional groups attached to an aromatic ring is 1. The van der Waals surface area contributed by atoms with Gasteiger partial charge in [0.1, 0.15) is 16.4 Å². The highest BCUT2D eigenvalue weighted by Crippen LogP contribution is 2.34. The van der Waals surface area contributed by atoms with E-state index >= 15 is 0 Å². The number of carbonyl (C=O) groups is 2. The lowest BCUT2D eigenvalue weighted by molar-refractivity contribution is -0.146. The number of ether oxygens (including phenoxy) is 1. The van der Waals surface area contributed by atoms with E-state index in [0.717, 1.165) is 17.0 Å². The number of nitrogens with one attached hydrogen (secondary N) is 2. The molecule has 2 aliphatic rings. The van der Waals surface area contributed by atoms with Crippen LogP contribution in [0.4, 0.5) is 30.5 Å². The van der Waals surface area contributed by atoms with Crippen LogP contribution in [0.25, 0.3) is 11.0 Å². The highest BCUT2D eigenvalue weighted by atomic mass is 32.2. The summed E-state index contributed by atoms with van der Waals surface area (Å²) in [4.78, 5) is 30.2. The van der Waals surface area contributed by atoms with Gasteiger partial charge in [-0.1, -0.05) is 11.2 Å². The zero-order valence-corrected chi connectivity index (χ0v) is 18.2. The van der Waals surface area contributed by atoms with Crippen molar-refractivity contribution < 1.29 is 40.4 Å². The lowest BCUT2D eigenvalue weighted by atomic mass is 10.1. The van der Waals surface area contributed by atoms with Crippen LogP contribution in [-0.2, 0) is 30.5 Å². The molecule has 16 heteroatoms. The van der Waals surface area contributed by atoms with Crippen molar-refractivity contribution in [3.05, 3.63) is 36.0 Å². The zero-order valence-electron chi connectivity index (χ0n) is 17.4. The molecular formula is C19H15F3N6O6S. The van der Waals surface area contributed by atoms with Crippen molar-refractivity contribution in [1.29, 1.82) is 0 Å². The Morgan fingerprint density at radius 3 is 2.77 bits per heavy atom. The van der Waals surface area contributed by atoms with Crippen molar-refractivity contribution in [2.45, 2.75) is 23.3 Å². The number of sulfonamides is 1. The minimum Gasteiger partial charge on any atom is -0.380 e. The van der Waals surface area contributed by atoms with Crippen LogP contribution in [0.15, 0.2) is 39.8 Å². The molecule has 0 bridgehead atoms. The van der Waals surface area contributed by atoms with Crippen molar-refractivity contribution in [1.82, 2.24) is 14.9 Å². The van der Waals surface area contributed by atoms with E-state index in [1.807, 2.05) is 0 Å². The maximum absolute atomic E-state index is 13.1. The number of ketones is 1. The van der Waals surface area contributed by atoms with E-state index in [4.69, 9.17) is 15.0 Å². The van der Waals surface area contributed by atoms with Crippen molar-refractivity contribution >= 4 is 50.0 Å². The molecule has 1 aromatic carbocycles. The minimum absolute atomic E-state index is 0.00888. The maximum atomic E-state index is 13.1. The van der Waals surface area contributed by atoms with E-state index in [1.54, 1.807) is 0 Å². The Morgan fingerprint density at radius 1 is 1.26 bits per heavy atom. The molecule has 0 spiro atoms. The predicted octanol–water partition coefficient (Wildman–Crippen LogP) is 0.855. The molecule has 0 radical (unpaired) electrons. The number of nitrogens with two attached hydrogens (primary N) is 1. The highest BCUT2D eigenvalue weighted by molar-refractivity contribution is 7.89. The normalized spacial score (nSPS) is 22.0. The fraction of sp³-hybridized carbons (Fsp3) is 0.263. The number of amides is 1. The summed E-state index contributed by atoms with van der Waals surface area (Å²) in [6, 6.07) is 5.51. The number of morpholine rings is 1. The first-order valence-corrected chi connectivity index (χ1v) is 11.4. The van der Waals surface area contributed by atoms with Crippen LogP contribution in [0.2, 0.25) is 0 Å². The van der Waals surface area contributed by atoms with Crippen LogP contribution in [0.1, 0.15) is 5.69 Å². The average Bonchev–Trinajstić information content (AvgIpc) is 3.16. The van der Waals surface area contributed by atoms with Gasteiger partial charge < -0.3 is 20.3 Å². The van der Waals surface area contributed by atoms with Crippen LogP contribution >= 0.6 is 0 Å². The van der Waals surface area contributed by atoms with Crippen LogP contribution in [0, 0.1) is 0 Å². The van der Waals surface area contributed by atoms with Crippen molar-refractivity contribution in [2.24, 2.45) is 0 Å². The monoisotopic (exact) mass is 512 g/mol. The largest absolute Gasteiger partial charge is 0.433 e. The summed E-state index contributed by atoms with van der Waals surface area (Å²) in [6.45, 7) is -0.359. The summed E-state index contributed by atoms with van der Waals surface area (Å²) in [5.41, 5.74) is 4.59. The number of fused-ring (bicyclic) bond motifs is 2. The number of anilines is 3. The summed E-state index contributed by atoms with van der Waals surface area (Å²) in [5.74, 6) is -2.34. The molecule has 1 fully saturated rings. The lowest BCUT2D eigenvalue weighted by Gasteiger charge is -2.34. The van der Waals surface area contributed by atoms with E-state index in [1.165, 1.54) is 18.2 Å². The number of nitrogens with zero attached hydrogens (tertiary/aromatic N) is 3. The van der Waals surface area contributed by atoms with Gasteiger partial charge in [-0.25, -0.2) is 13.4 Å². The summed E-state index contributed by atoms with van der Waals surface area (Å²) in [5, 5.41) is 6.47. The highest BCUT2D eigenvalue weighted by Gasteiger charge is 2.44. The Labute approximate surface area is 194 Å². The van der Waals surface area contributed by atoms with E-state index in [9.17, 15) is 31.2 Å². The minimum atomic E-state index is -4.74. The van der Waals surface area contributed by atoms with E-state index in [0.29, 0.717) is 0 Å². The molecule has 1 amide bonds. The number of aromatic nitrogens is 2. The fourth-order valence-electron chi connectivity index (χ4n) is 3.75. The second-order valence-corrected chi connectivity index (χ2v) is 9.32. The molecule has 0 saturated carbocycles. The smallest absolute Gasteiger partial charge is 0.380 e. The van der Waals surface area contributed by atoms with Gasteiger partial charge in [0.05, 0.1) is 24.2 Å².